The molecule has 0 spiro atoms. The molecule has 0 aliphatic heterocycles. The Morgan fingerprint density at radius 1 is 0.562 bits per heavy atom. The van der Waals surface area contributed by atoms with Gasteiger partial charge in [0.25, 0.3) is 0 Å². The molecule has 0 atom stereocenters. The van der Waals surface area contributed by atoms with Gasteiger partial charge in [0.15, 0.2) is 0 Å². The third kappa shape index (κ3) is 5.68. The van der Waals surface area contributed by atoms with Crippen LogP contribution in [0.15, 0.2) is 121 Å². The van der Waals surface area contributed by atoms with Crippen LogP contribution in [0.2, 0.25) is 0 Å². The molecule has 0 N–H and O–H groups in total. The lowest BCUT2D eigenvalue weighted by Gasteiger charge is -2.26. The predicted octanol–water partition coefficient (Wildman–Crippen LogP) is 11.1. The third-order valence-electron chi connectivity index (χ3n) is 9.38. The first-order valence-corrected chi connectivity index (χ1v) is 16.8. The van der Waals surface area contributed by atoms with Gasteiger partial charge in [-0.25, -0.2) is 9.67 Å². The fourth-order valence-corrected chi connectivity index (χ4v) is 6.51. The van der Waals surface area contributed by atoms with Crippen molar-refractivity contribution in [1.82, 2.24) is 19.3 Å². The summed E-state index contributed by atoms with van der Waals surface area (Å²) in [6, 6.07) is 40.3. The molecule has 3 aromatic heterocycles. The number of hydrogen-bond donors (Lipinski definition) is 0. The second-order valence-electron chi connectivity index (χ2n) is 15.4. The summed E-state index contributed by atoms with van der Waals surface area (Å²) >= 11 is 0. The van der Waals surface area contributed by atoms with Crippen molar-refractivity contribution in [3.05, 3.63) is 144 Å². The maximum atomic E-state index is 6.60. The maximum absolute atomic E-state index is 6.60. The minimum absolute atomic E-state index is 0.0566. The Morgan fingerprint density at radius 3 is 2.02 bits per heavy atom. The highest BCUT2D eigenvalue weighted by Crippen LogP contribution is 2.38. The molecule has 0 fully saturated rings. The number of fused-ring (bicyclic) bond motifs is 3. The van der Waals surface area contributed by atoms with E-state index in [1.165, 1.54) is 22.2 Å². The second-order valence-corrected chi connectivity index (χ2v) is 15.4. The van der Waals surface area contributed by atoms with E-state index in [1.54, 1.807) is 0 Å². The average Bonchev–Trinajstić information content (AvgIpc) is 3.67. The molecule has 0 amide bonds. The van der Waals surface area contributed by atoms with Gasteiger partial charge in [-0.15, -0.1) is 0 Å². The molecule has 242 valence electrons. The van der Waals surface area contributed by atoms with Gasteiger partial charge in [-0.1, -0.05) is 110 Å². The Hall–Kier alpha value is -5.16. The Kier molecular flexibility index (Phi) is 7.54. The van der Waals surface area contributed by atoms with Crippen molar-refractivity contribution in [1.29, 1.82) is 0 Å². The molecule has 7 aromatic rings. The summed E-state index contributed by atoms with van der Waals surface area (Å²) in [4.78, 5) is 4.91. The molecule has 48 heavy (non-hydrogen) atoms. The summed E-state index contributed by atoms with van der Waals surface area (Å²) in [6.07, 6.45) is 1.92. The van der Waals surface area contributed by atoms with E-state index in [0.29, 0.717) is 0 Å². The maximum Gasteiger partial charge on any atom is 0.137 e. The standard InChI is InChI=1S/C43H44N4O/c1-41(2,3)38-28-39(42(4,5)6)47(45-38)31-17-14-18-32(26-31)48-33-21-22-35-34-19-12-13-20-36(34)46(37(35)27-33)40-25-30(23-24-44-40)43(7,8)29-15-10-9-11-16-29/h9-28H,1-8H3. The lowest BCUT2D eigenvalue weighted by Crippen LogP contribution is -2.19. The van der Waals surface area contributed by atoms with Gasteiger partial charge in [0, 0.05) is 51.0 Å². The van der Waals surface area contributed by atoms with E-state index < -0.39 is 0 Å². The Labute approximate surface area is 283 Å². The van der Waals surface area contributed by atoms with Crippen LogP contribution < -0.4 is 4.74 Å². The molecular weight excluding hydrogens is 589 g/mol. The zero-order valence-corrected chi connectivity index (χ0v) is 29.2. The van der Waals surface area contributed by atoms with Crippen molar-refractivity contribution >= 4 is 21.8 Å². The molecule has 0 saturated heterocycles. The van der Waals surface area contributed by atoms with Crippen LogP contribution in [-0.4, -0.2) is 19.3 Å². The van der Waals surface area contributed by atoms with Crippen LogP contribution in [0.5, 0.6) is 11.5 Å². The molecule has 5 heteroatoms. The summed E-state index contributed by atoms with van der Waals surface area (Å²) < 4.78 is 10.9. The Bertz CT molecular complexity index is 2260. The molecule has 4 aromatic carbocycles. The number of para-hydroxylation sites is 1. The topological polar surface area (TPSA) is 44.9 Å². The molecule has 0 radical (unpaired) electrons. The highest BCUT2D eigenvalue weighted by Gasteiger charge is 2.27. The quantitative estimate of drug-likeness (QED) is 0.183. The SMILES string of the molecule is CC(C)(C)c1cc(C(C)(C)C)n(-c2cccc(Oc3ccc4c5ccccc5n(-c5cc(C(C)(C)c6ccccc6)ccn5)c4c3)c2)n1. The number of benzene rings is 4. The highest BCUT2D eigenvalue weighted by atomic mass is 16.5. The molecule has 0 unspecified atom stereocenters. The molecule has 0 aliphatic rings. The fourth-order valence-electron chi connectivity index (χ4n) is 6.51. The minimum atomic E-state index is -0.188. The number of rotatable bonds is 6. The number of pyridine rings is 1. The number of nitrogens with zero attached hydrogens (tertiary/aromatic N) is 4. The van der Waals surface area contributed by atoms with Crippen LogP contribution in [0, 0.1) is 0 Å². The van der Waals surface area contributed by atoms with Crippen LogP contribution >= 0.6 is 0 Å². The van der Waals surface area contributed by atoms with Crippen molar-refractivity contribution in [3.8, 4) is 23.0 Å². The van der Waals surface area contributed by atoms with Crippen LogP contribution in [0.1, 0.15) is 77.9 Å². The fraction of sp³-hybridized carbons (Fsp3) is 0.256. The summed E-state index contributed by atoms with van der Waals surface area (Å²) in [5.41, 5.74) is 7.52. The molecule has 0 aliphatic carbocycles. The van der Waals surface area contributed by atoms with Gasteiger partial charge in [0.05, 0.1) is 22.4 Å². The molecule has 5 nitrogen and oxygen atoms in total. The summed E-state index contributed by atoms with van der Waals surface area (Å²) in [6.45, 7) is 17.8. The largest absolute Gasteiger partial charge is 0.457 e. The van der Waals surface area contributed by atoms with Gasteiger partial charge >= 0.3 is 0 Å². The van der Waals surface area contributed by atoms with Gasteiger partial charge in [-0.2, -0.15) is 5.10 Å². The first-order valence-electron chi connectivity index (χ1n) is 16.8. The molecule has 7 rings (SSSR count). The lowest BCUT2D eigenvalue weighted by atomic mass is 9.78. The third-order valence-corrected chi connectivity index (χ3v) is 9.38. The van der Waals surface area contributed by atoms with Crippen LogP contribution in [0.4, 0.5) is 0 Å². The van der Waals surface area contributed by atoms with Gasteiger partial charge in [0.2, 0.25) is 0 Å². The smallest absolute Gasteiger partial charge is 0.137 e. The van der Waals surface area contributed by atoms with Crippen molar-refractivity contribution < 1.29 is 4.74 Å². The molecule has 0 bridgehead atoms. The zero-order valence-electron chi connectivity index (χ0n) is 29.2. The van der Waals surface area contributed by atoms with Crippen molar-refractivity contribution in [3.63, 3.8) is 0 Å². The van der Waals surface area contributed by atoms with Crippen molar-refractivity contribution in [2.45, 2.75) is 71.6 Å². The van der Waals surface area contributed by atoms with E-state index in [1.807, 2.05) is 18.3 Å². The normalized spacial score (nSPS) is 12.6. The Balaban J connectivity index is 1.30. The summed E-state index contributed by atoms with van der Waals surface area (Å²) in [5.74, 6) is 2.40. The van der Waals surface area contributed by atoms with Crippen LogP contribution in [0.25, 0.3) is 33.3 Å². The molecule has 0 saturated carbocycles. The zero-order chi connectivity index (χ0) is 33.8. The van der Waals surface area contributed by atoms with Crippen molar-refractivity contribution in [2.75, 3.05) is 0 Å². The first kappa shape index (κ1) is 31.4. The van der Waals surface area contributed by atoms with E-state index in [2.05, 4.69) is 168 Å². The number of hydrogen-bond acceptors (Lipinski definition) is 3. The van der Waals surface area contributed by atoms with E-state index in [0.717, 1.165) is 45.1 Å². The van der Waals surface area contributed by atoms with Gasteiger partial charge in [-0.3, -0.25) is 4.57 Å². The predicted molar refractivity (Wildman–Crippen MR) is 198 cm³/mol. The van der Waals surface area contributed by atoms with E-state index in [-0.39, 0.29) is 16.2 Å². The molecular formula is C43H44N4O. The van der Waals surface area contributed by atoms with Gasteiger partial charge in [-0.05, 0) is 59.7 Å². The Morgan fingerprint density at radius 2 is 1.27 bits per heavy atom. The number of ether oxygens (including phenoxy) is 1. The van der Waals surface area contributed by atoms with Gasteiger partial charge in [0.1, 0.15) is 17.3 Å². The summed E-state index contributed by atoms with van der Waals surface area (Å²) in [5, 5.41) is 7.41. The second kappa shape index (κ2) is 11.5. The first-order chi connectivity index (χ1) is 22.8. The van der Waals surface area contributed by atoms with E-state index in [4.69, 9.17) is 14.8 Å². The number of aromatic nitrogens is 4. The lowest BCUT2D eigenvalue weighted by molar-refractivity contribution is 0.482. The van der Waals surface area contributed by atoms with E-state index >= 15 is 0 Å². The monoisotopic (exact) mass is 632 g/mol. The van der Waals surface area contributed by atoms with Crippen LogP contribution in [-0.2, 0) is 16.2 Å². The van der Waals surface area contributed by atoms with Crippen molar-refractivity contribution in [2.24, 2.45) is 0 Å². The highest BCUT2D eigenvalue weighted by molar-refractivity contribution is 6.09. The van der Waals surface area contributed by atoms with E-state index in [9.17, 15) is 0 Å². The molecule has 3 heterocycles. The minimum Gasteiger partial charge on any atom is -0.457 e. The average molecular weight is 633 g/mol. The van der Waals surface area contributed by atoms with Gasteiger partial charge < -0.3 is 4.74 Å². The summed E-state index contributed by atoms with van der Waals surface area (Å²) in [7, 11) is 0. The van der Waals surface area contributed by atoms with Crippen LogP contribution in [0.3, 0.4) is 0 Å².